The van der Waals surface area contributed by atoms with Crippen LogP contribution in [0.1, 0.15) is 36.0 Å². The third-order valence-electron chi connectivity index (χ3n) is 4.56. The van der Waals surface area contributed by atoms with E-state index in [9.17, 15) is 0 Å². The molecule has 0 aliphatic carbocycles. The van der Waals surface area contributed by atoms with E-state index in [0.717, 1.165) is 36.3 Å². The van der Waals surface area contributed by atoms with Gasteiger partial charge in [-0.05, 0) is 23.6 Å². The molecular formula is C20H30IN5S2. The lowest BCUT2D eigenvalue weighted by Crippen LogP contribution is -2.36. The number of benzene rings is 1. The molecule has 1 fully saturated rings. The number of hydrogen-bond donors (Lipinski definition) is 2. The molecule has 8 heteroatoms. The topological polar surface area (TPSA) is 52.6 Å². The Hall–Kier alpha value is -1.00. The Balaban J connectivity index is 0.00000280. The van der Waals surface area contributed by atoms with Crippen LogP contribution in [0.3, 0.4) is 0 Å². The highest BCUT2D eigenvalue weighted by Gasteiger charge is 2.11. The molecule has 1 aliphatic heterocycles. The first kappa shape index (κ1) is 23.3. The lowest BCUT2D eigenvalue weighted by atomic mass is 10.2. The summed E-state index contributed by atoms with van der Waals surface area (Å²) >= 11 is 3.74. The van der Waals surface area contributed by atoms with Gasteiger partial charge in [-0.15, -0.1) is 35.3 Å². The molecule has 1 aromatic carbocycles. The number of anilines is 1. The van der Waals surface area contributed by atoms with Crippen molar-refractivity contribution in [3.05, 3.63) is 45.9 Å². The van der Waals surface area contributed by atoms with Gasteiger partial charge in [0.1, 0.15) is 5.01 Å². The summed E-state index contributed by atoms with van der Waals surface area (Å²) in [6.45, 7) is 8.08. The van der Waals surface area contributed by atoms with E-state index < -0.39 is 0 Å². The lowest BCUT2D eigenvalue weighted by Gasteiger charge is -2.28. The van der Waals surface area contributed by atoms with Gasteiger partial charge in [0, 0.05) is 49.3 Å². The standard InChI is InChI=1S/C20H29N5S2.HI/c1-15(2)18-14-27-19(24-18)13-23-20(21-3)22-12-16-4-6-17(7-5-16)25-8-10-26-11-9-25;/h4-7,14-15H,8-13H2,1-3H3,(H2,21,22,23);1H. The van der Waals surface area contributed by atoms with E-state index in [1.807, 2.05) is 11.8 Å². The van der Waals surface area contributed by atoms with E-state index in [-0.39, 0.29) is 24.0 Å². The third-order valence-corrected chi connectivity index (χ3v) is 6.37. The summed E-state index contributed by atoms with van der Waals surface area (Å²) in [6.07, 6.45) is 0. The molecule has 154 valence electrons. The number of halogens is 1. The molecule has 0 bridgehead atoms. The summed E-state index contributed by atoms with van der Waals surface area (Å²) in [4.78, 5) is 11.4. The predicted octanol–water partition coefficient (Wildman–Crippen LogP) is 4.30. The molecule has 0 amide bonds. The highest BCUT2D eigenvalue weighted by atomic mass is 127. The quantitative estimate of drug-likeness (QED) is 0.331. The molecule has 0 atom stereocenters. The Morgan fingerprint density at radius 1 is 1.14 bits per heavy atom. The minimum absolute atomic E-state index is 0. The molecule has 0 spiro atoms. The first-order chi connectivity index (χ1) is 13.2. The molecule has 0 radical (unpaired) electrons. The average molecular weight is 532 g/mol. The van der Waals surface area contributed by atoms with Crippen molar-refractivity contribution in [2.45, 2.75) is 32.9 Å². The van der Waals surface area contributed by atoms with E-state index in [1.54, 1.807) is 18.4 Å². The Bertz CT molecular complexity index is 739. The van der Waals surface area contributed by atoms with Crippen molar-refractivity contribution < 1.29 is 0 Å². The van der Waals surface area contributed by atoms with Gasteiger partial charge in [-0.1, -0.05) is 26.0 Å². The summed E-state index contributed by atoms with van der Waals surface area (Å²) in [5.74, 6) is 3.72. The van der Waals surface area contributed by atoms with E-state index in [1.165, 1.54) is 22.8 Å². The van der Waals surface area contributed by atoms with Crippen LogP contribution >= 0.6 is 47.1 Å². The molecule has 0 saturated carbocycles. The molecule has 0 unspecified atom stereocenters. The normalized spacial score (nSPS) is 14.7. The Labute approximate surface area is 193 Å². The molecule has 5 nitrogen and oxygen atoms in total. The molecule has 3 rings (SSSR count). The Kier molecular flexibility index (Phi) is 9.87. The van der Waals surface area contributed by atoms with Crippen LogP contribution in [0.5, 0.6) is 0 Å². The molecule has 1 saturated heterocycles. The third kappa shape index (κ3) is 6.81. The zero-order chi connectivity index (χ0) is 19.1. The SMILES string of the molecule is CN=C(NCc1ccc(N2CCSCC2)cc1)NCc1nc(C(C)C)cs1.I. The largest absolute Gasteiger partial charge is 0.370 e. The van der Waals surface area contributed by atoms with Crippen molar-refractivity contribution >= 4 is 58.7 Å². The molecular weight excluding hydrogens is 501 g/mol. The molecule has 1 aromatic heterocycles. The highest BCUT2D eigenvalue weighted by Crippen LogP contribution is 2.20. The highest BCUT2D eigenvalue weighted by molar-refractivity contribution is 14.0. The van der Waals surface area contributed by atoms with E-state index in [0.29, 0.717) is 12.5 Å². The van der Waals surface area contributed by atoms with Crippen LogP contribution in [0.2, 0.25) is 0 Å². The number of thiazole rings is 1. The van der Waals surface area contributed by atoms with Gasteiger partial charge >= 0.3 is 0 Å². The molecule has 1 aliphatic rings. The van der Waals surface area contributed by atoms with Crippen molar-refractivity contribution in [2.24, 2.45) is 4.99 Å². The maximum atomic E-state index is 4.66. The first-order valence-electron chi connectivity index (χ1n) is 9.46. The van der Waals surface area contributed by atoms with Crippen LogP contribution in [0.15, 0.2) is 34.6 Å². The van der Waals surface area contributed by atoms with Gasteiger partial charge in [0.15, 0.2) is 5.96 Å². The molecule has 2 N–H and O–H groups in total. The van der Waals surface area contributed by atoms with Crippen molar-refractivity contribution in [1.82, 2.24) is 15.6 Å². The number of nitrogens with one attached hydrogen (secondary N) is 2. The number of guanidine groups is 1. The summed E-state index contributed by atoms with van der Waals surface area (Å²) in [5.41, 5.74) is 3.74. The number of hydrogen-bond acceptors (Lipinski definition) is 5. The zero-order valence-corrected chi connectivity index (χ0v) is 20.7. The van der Waals surface area contributed by atoms with Crippen molar-refractivity contribution in [1.29, 1.82) is 0 Å². The second-order valence-corrected chi connectivity index (χ2v) is 9.03. The van der Waals surface area contributed by atoms with Crippen LogP contribution in [0.4, 0.5) is 5.69 Å². The average Bonchev–Trinajstić information content (AvgIpc) is 3.19. The number of aliphatic imine (C=N–C) groups is 1. The van der Waals surface area contributed by atoms with Gasteiger partial charge in [-0.3, -0.25) is 4.99 Å². The number of rotatable bonds is 6. The monoisotopic (exact) mass is 531 g/mol. The zero-order valence-electron chi connectivity index (χ0n) is 16.8. The van der Waals surface area contributed by atoms with Crippen molar-refractivity contribution in [2.75, 3.05) is 36.5 Å². The fourth-order valence-corrected chi connectivity index (χ4v) is 4.68. The van der Waals surface area contributed by atoms with Crippen molar-refractivity contribution in [3.8, 4) is 0 Å². The summed E-state index contributed by atoms with van der Waals surface area (Å²) in [7, 11) is 1.80. The van der Waals surface area contributed by atoms with E-state index in [2.05, 4.69) is 69.0 Å². The molecule has 28 heavy (non-hydrogen) atoms. The van der Waals surface area contributed by atoms with Crippen LogP contribution in [-0.4, -0.2) is 42.6 Å². The fraction of sp³-hybridized carbons (Fsp3) is 0.500. The Morgan fingerprint density at radius 2 is 1.82 bits per heavy atom. The van der Waals surface area contributed by atoms with Crippen LogP contribution < -0.4 is 15.5 Å². The number of nitrogens with zero attached hydrogens (tertiary/aromatic N) is 3. The molecule has 2 heterocycles. The second kappa shape index (κ2) is 11.9. The number of aromatic nitrogens is 1. The van der Waals surface area contributed by atoms with Crippen LogP contribution in [-0.2, 0) is 13.1 Å². The van der Waals surface area contributed by atoms with E-state index >= 15 is 0 Å². The minimum Gasteiger partial charge on any atom is -0.370 e. The summed E-state index contributed by atoms with van der Waals surface area (Å²) < 4.78 is 0. The fourth-order valence-electron chi connectivity index (χ4n) is 2.88. The second-order valence-electron chi connectivity index (χ2n) is 6.87. The van der Waals surface area contributed by atoms with Gasteiger partial charge in [-0.2, -0.15) is 11.8 Å². The van der Waals surface area contributed by atoms with Gasteiger partial charge in [0.05, 0.1) is 12.2 Å². The van der Waals surface area contributed by atoms with Gasteiger partial charge in [-0.25, -0.2) is 4.98 Å². The summed E-state index contributed by atoms with van der Waals surface area (Å²) in [5, 5.41) is 9.96. The maximum Gasteiger partial charge on any atom is 0.191 e. The molecule has 2 aromatic rings. The maximum absolute atomic E-state index is 4.66. The smallest absolute Gasteiger partial charge is 0.191 e. The predicted molar refractivity (Wildman–Crippen MR) is 135 cm³/mol. The van der Waals surface area contributed by atoms with Gasteiger partial charge in [0.25, 0.3) is 0 Å². The van der Waals surface area contributed by atoms with Gasteiger partial charge in [0.2, 0.25) is 0 Å². The van der Waals surface area contributed by atoms with Crippen LogP contribution in [0, 0.1) is 0 Å². The van der Waals surface area contributed by atoms with Crippen molar-refractivity contribution in [3.63, 3.8) is 0 Å². The Morgan fingerprint density at radius 3 is 2.43 bits per heavy atom. The minimum atomic E-state index is 0. The summed E-state index contributed by atoms with van der Waals surface area (Å²) in [6, 6.07) is 8.86. The number of thioether (sulfide) groups is 1. The first-order valence-corrected chi connectivity index (χ1v) is 11.5. The van der Waals surface area contributed by atoms with Crippen LogP contribution in [0.25, 0.3) is 0 Å². The van der Waals surface area contributed by atoms with E-state index in [4.69, 9.17) is 0 Å². The van der Waals surface area contributed by atoms with Gasteiger partial charge < -0.3 is 15.5 Å². The lowest BCUT2D eigenvalue weighted by molar-refractivity contribution is 0.785.